The van der Waals surface area contributed by atoms with Gasteiger partial charge in [-0.3, -0.25) is 4.79 Å². The Bertz CT molecular complexity index is 577. The molecule has 0 saturated heterocycles. The van der Waals surface area contributed by atoms with Gasteiger partial charge >= 0.3 is 0 Å². The molecule has 0 unspecified atom stereocenters. The molecule has 1 aromatic carbocycles. The molecule has 19 heavy (non-hydrogen) atoms. The Kier molecular flexibility index (Phi) is 3.90. The van der Waals surface area contributed by atoms with E-state index in [0.717, 1.165) is 23.2 Å². The first-order chi connectivity index (χ1) is 9.10. The van der Waals surface area contributed by atoms with E-state index in [4.69, 9.17) is 4.74 Å². The number of nitrogens with zero attached hydrogens (tertiary/aromatic N) is 2. The minimum atomic E-state index is 0.0345. The van der Waals surface area contributed by atoms with Gasteiger partial charge in [0.25, 0.3) is 0 Å². The van der Waals surface area contributed by atoms with Gasteiger partial charge in [-0.1, -0.05) is 6.07 Å². The summed E-state index contributed by atoms with van der Waals surface area (Å²) < 4.78 is 5.58. The maximum Gasteiger partial charge on any atom is 0.153 e. The molecule has 98 valence electrons. The van der Waals surface area contributed by atoms with Crippen molar-refractivity contribution in [2.45, 2.75) is 26.9 Å². The predicted molar refractivity (Wildman–Crippen MR) is 73.4 cm³/mol. The van der Waals surface area contributed by atoms with Gasteiger partial charge in [0.05, 0.1) is 11.7 Å². The van der Waals surface area contributed by atoms with Crippen LogP contribution in [0.5, 0.6) is 5.75 Å². The molecule has 0 aliphatic carbocycles. The van der Waals surface area contributed by atoms with Crippen LogP contribution in [0.15, 0.2) is 30.6 Å². The van der Waals surface area contributed by atoms with E-state index in [1.807, 2.05) is 26.8 Å². The summed E-state index contributed by atoms with van der Waals surface area (Å²) in [6, 6.07) is 5.50. The second-order valence-corrected chi connectivity index (χ2v) is 4.56. The van der Waals surface area contributed by atoms with E-state index in [1.165, 1.54) is 0 Å². The van der Waals surface area contributed by atoms with Crippen molar-refractivity contribution < 1.29 is 9.53 Å². The summed E-state index contributed by atoms with van der Waals surface area (Å²) in [4.78, 5) is 19.4. The number of carbonyl (C=O) groups excluding carboxylic acids is 1. The van der Waals surface area contributed by atoms with Crippen LogP contribution in [0, 0.1) is 6.92 Å². The number of hydrogen-bond acceptors (Lipinski definition) is 4. The third-order valence-electron chi connectivity index (χ3n) is 2.61. The molecular formula is C15H16N2O2. The van der Waals surface area contributed by atoms with Crippen LogP contribution in [0.1, 0.15) is 30.0 Å². The molecule has 4 heteroatoms. The van der Waals surface area contributed by atoms with Crippen molar-refractivity contribution in [1.29, 1.82) is 0 Å². The average Bonchev–Trinajstić information content (AvgIpc) is 2.39. The minimum absolute atomic E-state index is 0.0345. The Balaban J connectivity index is 2.38. The molecular weight excluding hydrogens is 240 g/mol. The summed E-state index contributed by atoms with van der Waals surface area (Å²) in [6.45, 7) is 5.69. The molecule has 2 aromatic rings. The van der Waals surface area contributed by atoms with Gasteiger partial charge in [-0.2, -0.15) is 0 Å². The first-order valence-corrected chi connectivity index (χ1v) is 6.15. The Morgan fingerprint density at radius 3 is 2.42 bits per heavy atom. The predicted octanol–water partition coefficient (Wildman–Crippen LogP) is 3.05. The molecule has 1 heterocycles. The van der Waals surface area contributed by atoms with Crippen molar-refractivity contribution in [3.63, 3.8) is 0 Å². The molecule has 0 amide bonds. The summed E-state index contributed by atoms with van der Waals surface area (Å²) in [5.41, 5.74) is 2.31. The molecule has 0 spiro atoms. The third kappa shape index (κ3) is 3.16. The van der Waals surface area contributed by atoms with E-state index < -0.39 is 0 Å². The van der Waals surface area contributed by atoms with E-state index in [0.29, 0.717) is 11.3 Å². The standard InChI is InChI=1S/C15H16N2O2/c1-10(2)19-15-5-4-12(6-13(15)9-18)14-7-16-11(3)17-8-14/h4-10H,1-3H3. The fourth-order valence-electron chi connectivity index (χ4n) is 1.72. The maximum absolute atomic E-state index is 11.1. The van der Waals surface area contributed by atoms with Crippen LogP contribution in [-0.2, 0) is 0 Å². The molecule has 0 radical (unpaired) electrons. The molecule has 0 saturated carbocycles. The van der Waals surface area contributed by atoms with Gasteiger partial charge in [-0.15, -0.1) is 0 Å². The molecule has 0 aliphatic heterocycles. The van der Waals surface area contributed by atoms with E-state index in [-0.39, 0.29) is 6.10 Å². The van der Waals surface area contributed by atoms with Crippen LogP contribution >= 0.6 is 0 Å². The van der Waals surface area contributed by atoms with Crippen molar-refractivity contribution in [2.24, 2.45) is 0 Å². The van der Waals surface area contributed by atoms with Gasteiger partial charge < -0.3 is 4.74 Å². The number of carbonyl (C=O) groups is 1. The number of aldehydes is 1. The zero-order valence-corrected chi connectivity index (χ0v) is 11.3. The van der Waals surface area contributed by atoms with Crippen molar-refractivity contribution in [3.8, 4) is 16.9 Å². The molecule has 0 fully saturated rings. The van der Waals surface area contributed by atoms with Crippen molar-refractivity contribution in [3.05, 3.63) is 42.0 Å². The third-order valence-corrected chi connectivity index (χ3v) is 2.61. The lowest BCUT2D eigenvalue weighted by Crippen LogP contribution is -2.07. The fraction of sp³-hybridized carbons (Fsp3) is 0.267. The summed E-state index contributed by atoms with van der Waals surface area (Å²) >= 11 is 0. The van der Waals surface area contributed by atoms with Crippen LogP contribution in [-0.4, -0.2) is 22.4 Å². The Hall–Kier alpha value is -2.23. The van der Waals surface area contributed by atoms with Crippen molar-refractivity contribution in [1.82, 2.24) is 9.97 Å². The van der Waals surface area contributed by atoms with Gasteiger partial charge in [-0.25, -0.2) is 9.97 Å². The van der Waals surface area contributed by atoms with E-state index in [1.54, 1.807) is 24.5 Å². The highest BCUT2D eigenvalue weighted by atomic mass is 16.5. The molecule has 2 rings (SSSR count). The van der Waals surface area contributed by atoms with Crippen molar-refractivity contribution in [2.75, 3.05) is 0 Å². The zero-order chi connectivity index (χ0) is 13.8. The summed E-state index contributed by atoms with van der Waals surface area (Å²) in [6.07, 6.45) is 4.33. The highest BCUT2D eigenvalue weighted by Crippen LogP contribution is 2.25. The number of rotatable bonds is 4. The number of aromatic nitrogens is 2. The summed E-state index contributed by atoms with van der Waals surface area (Å²) in [5, 5.41) is 0. The zero-order valence-electron chi connectivity index (χ0n) is 11.3. The van der Waals surface area contributed by atoms with Crippen LogP contribution in [0.4, 0.5) is 0 Å². The molecule has 0 N–H and O–H groups in total. The second-order valence-electron chi connectivity index (χ2n) is 4.56. The van der Waals surface area contributed by atoms with Gasteiger partial charge in [0.15, 0.2) is 6.29 Å². The summed E-state index contributed by atoms with van der Waals surface area (Å²) in [7, 11) is 0. The van der Waals surface area contributed by atoms with Crippen LogP contribution in [0.3, 0.4) is 0 Å². The van der Waals surface area contributed by atoms with Gasteiger partial charge in [0, 0.05) is 18.0 Å². The lowest BCUT2D eigenvalue weighted by Gasteiger charge is -2.12. The average molecular weight is 256 g/mol. The molecule has 0 bridgehead atoms. The summed E-state index contributed by atoms with van der Waals surface area (Å²) in [5.74, 6) is 1.32. The van der Waals surface area contributed by atoms with Crippen LogP contribution in [0.2, 0.25) is 0 Å². The second kappa shape index (κ2) is 5.61. The molecule has 1 aromatic heterocycles. The Labute approximate surface area is 112 Å². The van der Waals surface area contributed by atoms with Crippen LogP contribution < -0.4 is 4.74 Å². The van der Waals surface area contributed by atoms with Crippen molar-refractivity contribution >= 4 is 6.29 Å². The highest BCUT2D eigenvalue weighted by molar-refractivity contribution is 5.82. The number of hydrogen-bond donors (Lipinski definition) is 0. The Morgan fingerprint density at radius 2 is 1.84 bits per heavy atom. The number of aryl methyl sites for hydroxylation is 1. The molecule has 0 aliphatic rings. The molecule has 4 nitrogen and oxygen atoms in total. The lowest BCUT2D eigenvalue weighted by molar-refractivity contribution is 0.111. The number of benzene rings is 1. The van der Waals surface area contributed by atoms with E-state index in [2.05, 4.69) is 9.97 Å². The van der Waals surface area contributed by atoms with Gasteiger partial charge in [0.1, 0.15) is 11.6 Å². The largest absolute Gasteiger partial charge is 0.490 e. The first kappa shape index (κ1) is 13.2. The fourth-order valence-corrected chi connectivity index (χ4v) is 1.72. The van der Waals surface area contributed by atoms with Gasteiger partial charge in [-0.05, 0) is 38.5 Å². The van der Waals surface area contributed by atoms with Gasteiger partial charge in [0.2, 0.25) is 0 Å². The van der Waals surface area contributed by atoms with E-state index in [9.17, 15) is 4.79 Å². The van der Waals surface area contributed by atoms with Crippen LogP contribution in [0.25, 0.3) is 11.1 Å². The monoisotopic (exact) mass is 256 g/mol. The maximum atomic E-state index is 11.1. The normalized spacial score (nSPS) is 10.5. The minimum Gasteiger partial charge on any atom is -0.490 e. The van der Waals surface area contributed by atoms with E-state index >= 15 is 0 Å². The first-order valence-electron chi connectivity index (χ1n) is 6.15. The smallest absolute Gasteiger partial charge is 0.153 e. The SMILES string of the molecule is Cc1ncc(-c2ccc(OC(C)C)c(C=O)c2)cn1. The quantitative estimate of drug-likeness (QED) is 0.789. The highest BCUT2D eigenvalue weighted by Gasteiger charge is 2.08. The molecule has 0 atom stereocenters. The Morgan fingerprint density at radius 1 is 1.16 bits per heavy atom. The topological polar surface area (TPSA) is 52.1 Å². The lowest BCUT2D eigenvalue weighted by atomic mass is 10.1. The number of ether oxygens (including phenoxy) is 1.